The lowest BCUT2D eigenvalue weighted by Crippen LogP contribution is -2.43. The number of aliphatic hydroxyl groups excluding tert-OH is 1. The zero-order valence-electron chi connectivity index (χ0n) is 13.0. The zero-order chi connectivity index (χ0) is 16.1. The molecule has 1 heterocycles. The molecule has 0 saturated carbocycles. The lowest BCUT2D eigenvalue weighted by molar-refractivity contribution is -0.124. The number of carbonyl (C=O) groups is 1. The van der Waals surface area contributed by atoms with E-state index in [4.69, 9.17) is 0 Å². The third-order valence-electron chi connectivity index (χ3n) is 4.29. The number of nitrogens with one attached hydrogen (secondary N) is 2. The predicted molar refractivity (Wildman–Crippen MR) is 89.8 cm³/mol. The van der Waals surface area contributed by atoms with E-state index in [1.165, 1.54) is 0 Å². The van der Waals surface area contributed by atoms with Gasteiger partial charge in [0, 0.05) is 0 Å². The lowest BCUT2D eigenvalue weighted by atomic mass is 9.95. The Kier molecular flexibility index (Phi) is 5.05. The van der Waals surface area contributed by atoms with Gasteiger partial charge in [0.2, 0.25) is 5.91 Å². The van der Waals surface area contributed by atoms with E-state index >= 15 is 0 Å². The molecule has 3 N–H and O–H groups in total. The van der Waals surface area contributed by atoms with Crippen LogP contribution >= 0.6 is 0 Å². The average Bonchev–Trinajstić information content (AvgIpc) is 3.15. The maximum Gasteiger partial charge on any atom is 0.237 e. The van der Waals surface area contributed by atoms with Crippen molar-refractivity contribution in [2.24, 2.45) is 0 Å². The maximum atomic E-state index is 12.5. The fraction of sp³-hybridized carbons (Fsp3) is 0.316. The van der Waals surface area contributed by atoms with Crippen molar-refractivity contribution in [3.8, 4) is 0 Å². The molecule has 120 valence electrons. The van der Waals surface area contributed by atoms with E-state index in [1.54, 1.807) is 0 Å². The van der Waals surface area contributed by atoms with Gasteiger partial charge >= 0.3 is 0 Å². The van der Waals surface area contributed by atoms with Crippen molar-refractivity contribution in [2.75, 3.05) is 6.54 Å². The Hall–Kier alpha value is -2.17. The molecule has 1 fully saturated rings. The van der Waals surface area contributed by atoms with Crippen LogP contribution in [0.4, 0.5) is 0 Å². The van der Waals surface area contributed by atoms with E-state index in [1.807, 2.05) is 60.7 Å². The molecule has 3 rings (SSSR count). The maximum absolute atomic E-state index is 12.5. The summed E-state index contributed by atoms with van der Waals surface area (Å²) in [7, 11) is 0. The Morgan fingerprint density at radius 2 is 1.65 bits per heavy atom. The lowest BCUT2D eigenvalue weighted by Gasteiger charge is -2.26. The molecule has 4 nitrogen and oxygen atoms in total. The van der Waals surface area contributed by atoms with Crippen LogP contribution in [0.3, 0.4) is 0 Å². The molecule has 0 aliphatic carbocycles. The highest BCUT2D eigenvalue weighted by atomic mass is 16.3. The smallest absolute Gasteiger partial charge is 0.237 e. The van der Waals surface area contributed by atoms with Gasteiger partial charge in [-0.25, -0.2) is 0 Å². The first kappa shape index (κ1) is 15.7. The van der Waals surface area contributed by atoms with Crippen molar-refractivity contribution in [1.29, 1.82) is 0 Å². The molecule has 1 aliphatic rings. The molecule has 1 amide bonds. The molecule has 23 heavy (non-hydrogen) atoms. The molecule has 0 radical (unpaired) electrons. The molecule has 2 aromatic rings. The van der Waals surface area contributed by atoms with Crippen LogP contribution in [-0.2, 0) is 4.79 Å². The van der Waals surface area contributed by atoms with Crippen LogP contribution in [0.25, 0.3) is 0 Å². The van der Waals surface area contributed by atoms with Gasteiger partial charge in [-0.3, -0.25) is 4.79 Å². The minimum absolute atomic E-state index is 0.0497. The fourth-order valence-electron chi connectivity index (χ4n) is 3.01. The number of rotatable bonds is 5. The summed E-state index contributed by atoms with van der Waals surface area (Å²) in [4.78, 5) is 12.5. The Labute approximate surface area is 136 Å². The highest BCUT2D eigenvalue weighted by Gasteiger charge is 2.29. The molecular weight excluding hydrogens is 288 g/mol. The van der Waals surface area contributed by atoms with E-state index in [2.05, 4.69) is 10.6 Å². The Bertz CT molecular complexity index is 624. The summed E-state index contributed by atoms with van der Waals surface area (Å²) in [6.07, 6.45) is 1.06. The van der Waals surface area contributed by atoms with Crippen LogP contribution in [0.5, 0.6) is 0 Å². The summed E-state index contributed by atoms with van der Waals surface area (Å²) in [6, 6.07) is 18.4. The van der Waals surface area contributed by atoms with Gasteiger partial charge in [-0.2, -0.15) is 0 Å². The average molecular weight is 310 g/mol. The number of carbonyl (C=O) groups excluding carboxylic acids is 1. The molecule has 0 bridgehead atoms. The number of benzene rings is 2. The van der Waals surface area contributed by atoms with E-state index < -0.39 is 12.1 Å². The molecule has 0 aromatic heterocycles. The molecule has 1 saturated heterocycles. The molecule has 3 atom stereocenters. The van der Waals surface area contributed by atoms with Crippen LogP contribution in [0.2, 0.25) is 0 Å². The third kappa shape index (κ3) is 3.78. The highest BCUT2D eigenvalue weighted by Crippen LogP contribution is 2.29. The van der Waals surface area contributed by atoms with Crippen LogP contribution in [0.15, 0.2) is 60.7 Å². The monoisotopic (exact) mass is 310 g/mol. The van der Waals surface area contributed by atoms with E-state index in [0.717, 1.165) is 30.5 Å². The number of aliphatic hydroxyl groups is 1. The Morgan fingerprint density at radius 1 is 1.04 bits per heavy atom. The second-order valence-corrected chi connectivity index (χ2v) is 5.90. The molecule has 0 unspecified atom stereocenters. The molecule has 0 spiro atoms. The SMILES string of the molecule is O=C(N[C@H](c1ccccc1)[C@H](O)c1ccccc1)[C@@H]1CCCN1. The van der Waals surface area contributed by atoms with Crippen molar-refractivity contribution in [1.82, 2.24) is 10.6 Å². The van der Waals surface area contributed by atoms with Gasteiger partial charge in [0.1, 0.15) is 6.10 Å². The molecule has 1 aliphatic heterocycles. The van der Waals surface area contributed by atoms with Gasteiger partial charge in [0.25, 0.3) is 0 Å². The van der Waals surface area contributed by atoms with Gasteiger partial charge < -0.3 is 15.7 Å². The van der Waals surface area contributed by atoms with Crippen LogP contribution in [-0.4, -0.2) is 23.6 Å². The summed E-state index contributed by atoms with van der Waals surface area (Å²) in [6.45, 7) is 0.870. The number of hydrogen-bond acceptors (Lipinski definition) is 3. The Morgan fingerprint density at radius 3 is 2.22 bits per heavy atom. The minimum Gasteiger partial charge on any atom is -0.386 e. The van der Waals surface area contributed by atoms with Gasteiger partial charge in [-0.15, -0.1) is 0 Å². The highest BCUT2D eigenvalue weighted by molar-refractivity contribution is 5.82. The van der Waals surface area contributed by atoms with E-state index in [0.29, 0.717) is 0 Å². The zero-order valence-corrected chi connectivity index (χ0v) is 13.0. The summed E-state index contributed by atoms with van der Waals surface area (Å²) < 4.78 is 0. The standard InChI is InChI=1S/C19H22N2O2/c22-18(15-10-5-2-6-11-15)17(14-8-3-1-4-9-14)21-19(23)16-12-7-13-20-16/h1-6,8-11,16-18,20,22H,7,12-13H2,(H,21,23)/t16-,17+,18+/m0/s1. The second-order valence-electron chi connectivity index (χ2n) is 5.90. The van der Waals surface area contributed by atoms with Gasteiger partial charge in [0.15, 0.2) is 0 Å². The van der Waals surface area contributed by atoms with Crippen LogP contribution in [0.1, 0.15) is 36.1 Å². The van der Waals surface area contributed by atoms with Crippen molar-refractivity contribution >= 4 is 5.91 Å². The van der Waals surface area contributed by atoms with Crippen molar-refractivity contribution < 1.29 is 9.90 Å². The molecule has 4 heteroatoms. The molecular formula is C19H22N2O2. The quantitative estimate of drug-likeness (QED) is 0.794. The van der Waals surface area contributed by atoms with E-state index in [9.17, 15) is 9.90 Å². The third-order valence-corrected chi connectivity index (χ3v) is 4.29. The summed E-state index contributed by atoms with van der Waals surface area (Å²) in [5, 5.41) is 17.0. The summed E-state index contributed by atoms with van der Waals surface area (Å²) in [5.41, 5.74) is 1.69. The second kappa shape index (κ2) is 7.40. The number of amides is 1. The predicted octanol–water partition coefficient (Wildman–Crippen LogP) is 2.33. The van der Waals surface area contributed by atoms with Gasteiger partial charge in [0.05, 0.1) is 12.1 Å². The first-order chi connectivity index (χ1) is 11.3. The van der Waals surface area contributed by atoms with Crippen LogP contribution in [0, 0.1) is 0 Å². The fourth-order valence-corrected chi connectivity index (χ4v) is 3.01. The topological polar surface area (TPSA) is 61.4 Å². The summed E-state index contributed by atoms with van der Waals surface area (Å²) >= 11 is 0. The molecule has 2 aromatic carbocycles. The first-order valence-electron chi connectivity index (χ1n) is 8.07. The largest absolute Gasteiger partial charge is 0.386 e. The van der Waals surface area contributed by atoms with Crippen molar-refractivity contribution in [3.05, 3.63) is 71.8 Å². The first-order valence-corrected chi connectivity index (χ1v) is 8.07. The Balaban J connectivity index is 1.83. The van der Waals surface area contributed by atoms with E-state index in [-0.39, 0.29) is 11.9 Å². The van der Waals surface area contributed by atoms with Crippen molar-refractivity contribution in [3.63, 3.8) is 0 Å². The minimum atomic E-state index is -0.788. The number of hydrogen-bond donors (Lipinski definition) is 3. The normalized spacial score (nSPS) is 20.0. The van der Waals surface area contributed by atoms with Crippen LogP contribution < -0.4 is 10.6 Å². The van der Waals surface area contributed by atoms with Gasteiger partial charge in [-0.1, -0.05) is 60.7 Å². The van der Waals surface area contributed by atoms with Crippen molar-refractivity contribution in [2.45, 2.75) is 31.0 Å². The van der Waals surface area contributed by atoms with Gasteiger partial charge in [-0.05, 0) is 30.5 Å². The summed E-state index contributed by atoms with van der Waals surface area (Å²) in [5.74, 6) is -0.0497.